The standard InChI is InChI=1S/C37H42N2O/c1-36(2,3)31-21-30(35(40)32(22-31)37(4,5)6)23-38-33(26-15-9-7-10-16-26)34(27-17-11-8-12-18-27)39-24-28-19-13-14-20-29(28)25-39/h7-23,33-34,40H,24-25H2,1-6H3/t33-,34-/m1/s1. The van der Waals surface area contributed by atoms with E-state index in [1.165, 1.54) is 22.3 Å². The average Bonchev–Trinajstić information content (AvgIpc) is 3.35. The molecule has 0 saturated heterocycles. The van der Waals surface area contributed by atoms with Crippen LogP contribution in [-0.2, 0) is 23.9 Å². The molecule has 3 nitrogen and oxygen atoms in total. The first-order valence-corrected chi connectivity index (χ1v) is 14.3. The van der Waals surface area contributed by atoms with Crippen LogP contribution in [0.2, 0.25) is 0 Å². The molecule has 3 heteroatoms. The van der Waals surface area contributed by atoms with Crippen LogP contribution in [0.4, 0.5) is 0 Å². The number of aromatic hydroxyl groups is 1. The van der Waals surface area contributed by atoms with Crippen molar-refractivity contribution in [1.82, 2.24) is 4.90 Å². The van der Waals surface area contributed by atoms with Gasteiger partial charge in [-0.1, -0.05) is 133 Å². The van der Waals surface area contributed by atoms with Crippen molar-refractivity contribution >= 4 is 6.21 Å². The van der Waals surface area contributed by atoms with Crippen molar-refractivity contribution < 1.29 is 5.11 Å². The molecule has 0 radical (unpaired) electrons. The van der Waals surface area contributed by atoms with Gasteiger partial charge in [-0.25, -0.2) is 0 Å². The highest BCUT2D eigenvalue weighted by Gasteiger charge is 2.34. The van der Waals surface area contributed by atoms with Crippen molar-refractivity contribution in [3.63, 3.8) is 0 Å². The van der Waals surface area contributed by atoms with E-state index in [1.807, 2.05) is 6.21 Å². The van der Waals surface area contributed by atoms with Crippen molar-refractivity contribution in [2.75, 3.05) is 0 Å². The highest BCUT2D eigenvalue weighted by Crippen LogP contribution is 2.42. The van der Waals surface area contributed by atoms with Gasteiger partial charge in [0, 0.05) is 30.4 Å². The first kappa shape index (κ1) is 27.9. The third kappa shape index (κ3) is 5.90. The topological polar surface area (TPSA) is 35.8 Å². The van der Waals surface area contributed by atoms with Crippen molar-refractivity contribution in [3.05, 3.63) is 136 Å². The van der Waals surface area contributed by atoms with Crippen LogP contribution in [-0.4, -0.2) is 16.2 Å². The minimum atomic E-state index is -0.194. The summed E-state index contributed by atoms with van der Waals surface area (Å²) in [5.74, 6) is 0.320. The maximum atomic E-state index is 11.5. The van der Waals surface area contributed by atoms with Crippen LogP contribution in [0.5, 0.6) is 5.75 Å². The molecule has 0 bridgehead atoms. The van der Waals surface area contributed by atoms with Crippen LogP contribution in [0, 0.1) is 0 Å². The number of phenolic OH excluding ortho intramolecular Hbond substituents is 1. The molecule has 0 amide bonds. The van der Waals surface area contributed by atoms with Gasteiger partial charge < -0.3 is 5.11 Å². The molecule has 4 aromatic carbocycles. The number of fused-ring (bicyclic) bond motifs is 1. The lowest BCUT2D eigenvalue weighted by Gasteiger charge is -2.33. The van der Waals surface area contributed by atoms with Crippen LogP contribution in [0.15, 0.2) is 102 Å². The molecule has 4 aromatic rings. The SMILES string of the molecule is CC(C)(C)c1cc(C=N[C@H](c2ccccc2)[C@@H](c2ccccc2)N2Cc3ccccc3C2)c(O)c(C(C)(C)C)c1. The molecular formula is C37H42N2O. The summed E-state index contributed by atoms with van der Waals surface area (Å²) < 4.78 is 0. The zero-order valence-corrected chi connectivity index (χ0v) is 24.7. The summed E-state index contributed by atoms with van der Waals surface area (Å²) in [5.41, 5.74) is 7.83. The number of benzene rings is 4. The van der Waals surface area contributed by atoms with Gasteiger partial charge in [-0.05, 0) is 44.7 Å². The van der Waals surface area contributed by atoms with E-state index in [4.69, 9.17) is 4.99 Å². The Morgan fingerprint density at radius 1 is 0.700 bits per heavy atom. The molecule has 40 heavy (non-hydrogen) atoms. The van der Waals surface area contributed by atoms with Gasteiger partial charge in [0.25, 0.3) is 0 Å². The van der Waals surface area contributed by atoms with E-state index >= 15 is 0 Å². The fraction of sp³-hybridized carbons (Fsp3) is 0.324. The highest BCUT2D eigenvalue weighted by atomic mass is 16.3. The lowest BCUT2D eigenvalue weighted by molar-refractivity contribution is 0.174. The molecule has 0 aromatic heterocycles. The Morgan fingerprint density at radius 3 is 1.75 bits per heavy atom. The quantitative estimate of drug-likeness (QED) is 0.253. The molecule has 1 heterocycles. The zero-order valence-electron chi connectivity index (χ0n) is 24.7. The van der Waals surface area contributed by atoms with E-state index in [-0.39, 0.29) is 22.9 Å². The number of hydrogen-bond acceptors (Lipinski definition) is 3. The van der Waals surface area contributed by atoms with E-state index < -0.39 is 0 Å². The Morgan fingerprint density at radius 2 is 1.23 bits per heavy atom. The van der Waals surface area contributed by atoms with E-state index in [0.29, 0.717) is 5.75 Å². The monoisotopic (exact) mass is 530 g/mol. The summed E-state index contributed by atoms with van der Waals surface area (Å²) in [4.78, 5) is 7.87. The average molecular weight is 531 g/mol. The summed E-state index contributed by atoms with van der Waals surface area (Å²) >= 11 is 0. The first-order chi connectivity index (χ1) is 19.0. The smallest absolute Gasteiger partial charge is 0.128 e. The largest absolute Gasteiger partial charge is 0.507 e. The second-order valence-electron chi connectivity index (χ2n) is 13.1. The molecule has 206 valence electrons. The number of rotatable bonds is 6. The second-order valence-corrected chi connectivity index (χ2v) is 13.1. The number of phenols is 1. The van der Waals surface area contributed by atoms with Crippen molar-refractivity contribution in [2.45, 2.75) is 77.5 Å². The fourth-order valence-electron chi connectivity index (χ4n) is 5.72. The molecular weight excluding hydrogens is 488 g/mol. The third-order valence-electron chi connectivity index (χ3n) is 8.03. The van der Waals surface area contributed by atoms with Gasteiger partial charge in [0.1, 0.15) is 5.75 Å². The Bertz CT molecular complexity index is 1450. The van der Waals surface area contributed by atoms with Crippen molar-refractivity contribution in [1.29, 1.82) is 0 Å². The molecule has 1 aliphatic heterocycles. The predicted molar refractivity (Wildman–Crippen MR) is 167 cm³/mol. The predicted octanol–water partition coefficient (Wildman–Crippen LogP) is 8.90. The molecule has 5 rings (SSSR count). The molecule has 0 spiro atoms. The molecule has 0 fully saturated rings. The summed E-state index contributed by atoms with van der Waals surface area (Å²) in [6.07, 6.45) is 1.91. The lowest BCUT2D eigenvalue weighted by Crippen LogP contribution is -2.28. The van der Waals surface area contributed by atoms with E-state index in [1.54, 1.807) is 0 Å². The third-order valence-corrected chi connectivity index (χ3v) is 8.03. The van der Waals surface area contributed by atoms with Gasteiger partial charge in [-0.15, -0.1) is 0 Å². The normalized spacial score (nSPS) is 15.8. The molecule has 2 atom stereocenters. The van der Waals surface area contributed by atoms with E-state index in [0.717, 1.165) is 29.8 Å². The van der Waals surface area contributed by atoms with Crippen LogP contribution >= 0.6 is 0 Å². The molecule has 0 aliphatic carbocycles. The van der Waals surface area contributed by atoms with Gasteiger partial charge >= 0.3 is 0 Å². The van der Waals surface area contributed by atoms with Crippen molar-refractivity contribution in [2.24, 2.45) is 4.99 Å². The molecule has 1 aliphatic rings. The first-order valence-electron chi connectivity index (χ1n) is 14.3. The summed E-state index contributed by atoms with van der Waals surface area (Å²) in [6.45, 7) is 14.9. The maximum absolute atomic E-state index is 11.5. The molecule has 1 N–H and O–H groups in total. The molecule has 0 unspecified atom stereocenters. The zero-order chi connectivity index (χ0) is 28.5. The Labute approximate surface area is 240 Å². The fourth-order valence-corrected chi connectivity index (χ4v) is 5.72. The van der Waals surface area contributed by atoms with Gasteiger partial charge in [0.15, 0.2) is 0 Å². The van der Waals surface area contributed by atoms with Crippen LogP contribution in [0.1, 0.15) is 92.6 Å². The summed E-state index contributed by atoms with van der Waals surface area (Å²) in [7, 11) is 0. The van der Waals surface area contributed by atoms with E-state index in [9.17, 15) is 5.11 Å². The minimum Gasteiger partial charge on any atom is -0.507 e. The van der Waals surface area contributed by atoms with Gasteiger partial charge in [0.05, 0.1) is 12.1 Å². The molecule has 0 saturated carbocycles. The highest BCUT2D eigenvalue weighted by molar-refractivity contribution is 5.85. The van der Waals surface area contributed by atoms with E-state index in [2.05, 4.69) is 144 Å². The van der Waals surface area contributed by atoms with Crippen LogP contribution in [0.25, 0.3) is 0 Å². The van der Waals surface area contributed by atoms with Gasteiger partial charge in [-0.2, -0.15) is 0 Å². The number of hydrogen-bond donors (Lipinski definition) is 1. The Kier molecular flexibility index (Phi) is 7.70. The Balaban J connectivity index is 1.64. The maximum Gasteiger partial charge on any atom is 0.128 e. The summed E-state index contributed by atoms with van der Waals surface area (Å²) in [6, 6.07) is 34.2. The van der Waals surface area contributed by atoms with Crippen LogP contribution in [0.3, 0.4) is 0 Å². The van der Waals surface area contributed by atoms with Crippen LogP contribution < -0.4 is 0 Å². The number of aliphatic imine (C=N–C) groups is 1. The number of nitrogens with zero attached hydrogens (tertiary/aromatic N) is 2. The summed E-state index contributed by atoms with van der Waals surface area (Å²) in [5, 5.41) is 11.5. The second kappa shape index (κ2) is 11.1. The van der Waals surface area contributed by atoms with Crippen molar-refractivity contribution in [3.8, 4) is 5.75 Å². The minimum absolute atomic E-state index is 0.0299. The van der Waals surface area contributed by atoms with Gasteiger partial charge in [0.2, 0.25) is 0 Å². The Hall–Kier alpha value is -3.69. The lowest BCUT2D eigenvalue weighted by atomic mass is 9.79. The van der Waals surface area contributed by atoms with Gasteiger partial charge in [-0.3, -0.25) is 9.89 Å².